The van der Waals surface area contributed by atoms with Crippen LogP contribution in [-0.4, -0.2) is 9.78 Å². The molecule has 2 unspecified atom stereocenters. The molecule has 1 aromatic rings. The first-order chi connectivity index (χ1) is 7.83. The fourth-order valence-corrected chi connectivity index (χ4v) is 2.53. The maximum atomic E-state index is 5.65. The van der Waals surface area contributed by atoms with E-state index in [0.29, 0.717) is 11.3 Å². The predicted octanol–water partition coefficient (Wildman–Crippen LogP) is 2.39. The van der Waals surface area contributed by atoms with Crippen molar-refractivity contribution in [3.8, 4) is 0 Å². The lowest BCUT2D eigenvalue weighted by Crippen LogP contribution is -2.31. The standard InChI is InChI=1S/C13H26N4/c1-10(9-13(2,3)4)8-11(16-14)12-6-7-15-17(12)5/h6-7,10-11,16H,8-9,14H2,1-5H3. The second-order valence-electron chi connectivity index (χ2n) is 6.20. The van der Waals surface area contributed by atoms with Crippen LogP contribution in [0.25, 0.3) is 0 Å². The van der Waals surface area contributed by atoms with Gasteiger partial charge in [-0.25, -0.2) is 0 Å². The zero-order valence-electron chi connectivity index (χ0n) is 11.7. The lowest BCUT2D eigenvalue weighted by Gasteiger charge is -2.26. The summed E-state index contributed by atoms with van der Waals surface area (Å²) >= 11 is 0. The van der Waals surface area contributed by atoms with E-state index < -0.39 is 0 Å². The van der Waals surface area contributed by atoms with Gasteiger partial charge in [0, 0.05) is 13.2 Å². The maximum Gasteiger partial charge on any atom is 0.0631 e. The Hall–Kier alpha value is -0.870. The van der Waals surface area contributed by atoms with E-state index in [4.69, 9.17) is 5.84 Å². The molecular formula is C13H26N4. The molecule has 0 saturated heterocycles. The highest BCUT2D eigenvalue weighted by Gasteiger charge is 2.21. The molecule has 0 saturated carbocycles. The van der Waals surface area contributed by atoms with Crippen LogP contribution in [0, 0.1) is 11.3 Å². The minimum atomic E-state index is 0.180. The molecule has 1 heterocycles. The van der Waals surface area contributed by atoms with Crippen LogP contribution in [0.3, 0.4) is 0 Å². The highest BCUT2D eigenvalue weighted by Crippen LogP contribution is 2.29. The van der Waals surface area contributed by atoms with Gasteiger partial charge in [-0.15, -0.1) is 0 Å². The molecule has 0 aliphatic carbocycles. The van der Waals surface area contributed by atoms with Crippen molar-refractivity contribution in [2.24, 2.45) is 24.2 Å². The number of nitrogens with two attached hydrogens (primary N) is 1. The first-order valence-corrected chi connectivity index (χ1v) is 6.27. The normalized spacial score (nSPS) is 15.9. The van der Waals surface area contributed by atoms with E-state index >= 15 is 0 Å². The van der Waals surface area contributed by atoms with E-state index in [-0.39, 0.29) is 6.04 Å². The second-order valence-corrected chi connectivity index (χ2v) is 6.20. The summed E-state index contributed by atoms with van der Waals surface area (Å²) in [6.45, 7) is 9.11. The van der Waals surface area contributed by atoms with Gasteiger partial charge in [0.1, 0.15) is 0 Å². The van der Waals surface area contributed by atoms with Gasteiger partial charge in [0.25, 0.3) is 0 Å². The lowest BCUT2D eigenvalue weighted by molar-refractivity contribution is 0.273. The van der Waals surface area contributed by atoms with Gasteiger partial charge < -0.3 is 0 Å². The summed E-state index contributed by atoms with van der Waals surface area (Å²) in [6.07, 6.45) is 4.05. The number of nitrogens with zero attached hydrogens (tertiary/aromatic N) is 2. The first-order valence-electron chi connectivity index (χ1n) is 6.27. The van der Waals surface area contributed by atoms with Crippen LogP contribution in [0.15, 0.2) is 12.3 Å². The molecule has 0 fully saturated rings. The third-order valence-corrected chi connectivity index (χ3v) is 3.02. The molecule has 1 rings (SSSR count). The van der Waals surface area contributed by atoms with Crippen LogP contribution in [0.1, 0.15) is 52.3 Å². The zero-order chi connectivity index (χ0) is 13.1. The molecule has 0 radical (unpaired) electrons. The average molecular weight is 238 g/mol. The highest BCUT2D eigenvalue weighted by molar-refractivity contribution is 5.06. The summed E-state index contributed by atoms with van der Waals surface area (Å²) in [6, 6.07) is 2.20. The van der Waals surface area contributed by atoms with Crippen LogP contribution in [0.4, 0.5) is 0 Å². The predicted molar refractivity (Wildman–Crippen MR) is 71.1 cm³/mol. The second kappa shape index (κ2) is 5.65. The van der Waals surface area contributed by atoms with E-state index in [2.05, 4.69) is 38.2 Å². The largest absolute Gasteiger partial charge is 0.271 e. The van der Waals surface area contributed by atoms with E-state index in [1.165, 1.54) is 6.42 Å². The van der Waals surface area contributed by atoms with Gasteiger partial charge in [-0.05, 0) is 30.2 Å². The molecule has 0 bridgehead atoms. The monoisotopic (exact) mass is 238 g/mol. The van der Waals surface area contributed by atoms with E-state index in [1.807, 2.05) is 24.0 Å². The Morgan fingerprint density at radius 3 is 2.53 bits per heavy atom. The number of hydrogen-bond donors (Lipinski definition) is 2. The van der Waals surface area contributed by atoms with Crippen molar-refractivity contribution < 1.29 is 0 Å². The average Bonchev–Trinajstić information content (AvgIpc) is 2.58. The first kappa shape index (κ1) is 14.2. The maximum absolute atomic E-state index is 5.65. The SMILES string of the molecule is CC(CC(NN)c1ccnn1C)CC(C)(C)C. The lowest BCUT2D eigenvalue weighted by atomic mass is 9.82. The number of aromatic nitrogens is 2. The van der Waals surface area contributed by atoms with Gasteiger partial charge in [-0.2, -0.15) is 5.10 Å². The summed E-state index contributed by atoms with van der Waals surface area (Å²) < 4.78 is 1.88. The molecule has 0 aliphatic rings. The quantitative estimate of drug-likeness (QED) is 0.611. The van der Waals surface area contributed by atoms with E-state index in [0.717, 1.165) is 12.1 Å². The topological polar surface area (TPSA) is 55.9 Å². The van der Waals surface area contributed by atoms with Gasteiger partial charge in [0.05, 0.1) is 11.7 Å². The molecule has 4 nitrogen and oxygen atoms in total. The fraction of sp³-hybridized carbons (Fsp3) is 0.769. The van der Waals surface area contributed by atoms with Crippen molar-refractivity contribution in [2.75, 3.05) is 0 Å². The molecule has 17 heavy (non-hydrogen) atoms. The number of nitrogens with one attached hydrogen (secondary N) is 1. The Labute approximate surface area is 105 Å². The van der Waals surface area contributed by atoms with E-state index in [9.17, 15) is 0 Å². The molecule has 98 valence electrons. The van der Waals surface area contributed by atoms with Crippen molar-refractivity contribution in [2.45, 2.75) is 46.6 Å². The molecule has 4 heteroatoms. The molecule has 1 aromatic heterocycles. The van der Waals surface area contributed by atoms with Crippen LogP contribution in [0.5, 0.6) is 0 Å². The Kier molecular flexibility index (Phi) is 4.71. The van der Waals surface area contributed by atoms with Crippen molar-refractivity contribution in [1.29, 1.82) is 0 Å². The molecule has 0 spiro atoms. The molecule has 0 amide bonds. The van der Waals surface area contributed by atoms with Crippen molar-refractivity contribution in [1.82, 2.24) is 15.2 Å². The molecule has 0 aromatic carbocycles. The fourth-order valence-electron chi connectivity index (χ4n) is 2.53. The molecular weight excluding hydrogens is 212 g/mol. The van der Waals surface area contributed by atoms with Crippen LogP contribution in [-0.2, 0) is 7.05 Å². The minimum Gasteiger partial charge on any atom is -0.271 e. The van der Waals surface area contributed by atoms with Crippen molar-refractivity contribution in [3.05, 3.63) is 18.0 Å². The van der Waals surface area contributed by atoms with Crippen LogP contribution < -0.4 is 11.3 Å². The molecule has 0 aliphatic heterocycles. The van der Waals surface area contributed by atoms with Gasteiger partial charge in [-0.1, -0.05) is 27.7 Å². The smallest absolute Gasteiger partial charge is 0.0631 e. The number of hydrogen-bond acceptors (Lipinski definition) is 3. The third-order valence-electron chi connectivity index (χ3n) is 3.02. The Morgan fingerprint density at radius 2 is 2.12 bits per heavy atom. The van der Waals surface area contributed by atoms with Crippen molar-refractivity contribution in [3.63, 3.8) is 0 Å². The number of aryl methyl sites for hydroxylation is 1. The Morgan fingerprint density at radius 1 is 1.47 bits per heavy atom. The minimum absolute atomic E-state index is 0.180. The summed E-state index contributed by atoms with van der Waals surface area (Å²) in [5, 5.41) is 4.19. The number of hydrazine groups is 1. The Bertz CT molecular complexity index is 337. The summed E-state index contributed by atoms with van der Waals surface area (Å²) in [5.74, 6) is 6.28. The third kappa shape index (κ3) is 4.48. The zero-order valence-corrected chi connectivity index (χ0v) is 11.7. The van der Waals surface area contributed by atoms with Gasteiger partial charge in [0.2, 0.25) is 0 Å². The van der Waals surface area contributed by atoms with Gasteiger partial charge in [-0.3, -0.25) is 16.0 Å². The van der Waals surface area contributed by atoms with Crippen LogP contribution in [0.2, 0.25) is 0 Å². The summed E-state index contributed by atoms with van der Waals surface area (Å²) in [4.78, 5) is 0. The van der Waals surface area contributed by atoms with E-state index in [1.54, 1.807) is 0 Å². The van der Waals surface area contributed by atoms with Gasteiger partial charge >= 0.3 is 0 Å². The van der Waals surface area contributed by atoms with Crippen molar-refractivity contribution >= 4 is 0 Å². The summed E-state index contributed by atoms with van der Waals surface area (Å²) in [7, 11) is 1.95. The summed E-state index contributed by atoms with van der Waals surface area (Å²) in [5.41, 5.74) is 4.41. The number of rotatable bonds is 5. The van der Waals surface area contributed by atoms with Crippen LogP contribution >= 0.6 is 0 Å². The molecule has 3 N–H and O–H groups in total. The van der Waals surface area contributed by atoms with Gasteiger partial charge in [0.15, 0.2) is 0 Å². The Balaban J connectivity index is 2.62. The molecule has 2 atom stereocenters. The highest BCUT2D eigenvalue weighted by atomic mass is 15.3.